The van der Waals surface area contributed by atoms with Gasteiger partial charge in [-0.25, -0.2) is 4.79 Å². The maximum atomic E-state index is 12.0. The minimum Gasteiger partial charge on any atom is -0.432 e. The first-order valence-electron chi connectivity index (χ1n) is 5.91. The molecule has 0 bridgehead atoms. The van der Waals surface area contributed by atoms with Crippen molar-refractivity contribution in [3.05, 3.63) is 0 Å². The van der Waals surface area contributed by atoms with Gasteiger partial charge >= 0.3 is 13.8 Å². The van der Waals surface area contributed by atoms with Crippen molar-refractivity contribution in [3.8, 4) is 0 Å². The van der Waals surface area contributed by atoms with E-state index >= 15 is 0 Å². The molecular formula is C11H21O6P. The summed E-state index contributed by atoms with van der Waals surface area (Å²) in [7, 11) is -3.86. The molecule has 106 valence electrons. The highest BCUT2D eigenvalue weighted by Crippen LogP contribution is 2.62. The Bertz CT molecular complexity index is 366. The summed E-state index contributed by atoms with van der Waals surface area (Å²) >= 11 is 0. The molecule has 1 aliphatic rings. The van der Waals surface area contributed by atoms with E-state index in [0.29, 0.717) is 12.8 Å². The van der Waals surface area contributed by atoms with Crippen LogP contribution in [0.4, 0.5) is 4.79 Å². The lowest BCUT2D eigenvalue weighted by Crippen LogP contribution is -2.28. The summed E-state index contributed by atoms with van der Waals surface area (Å²) in [4.78, 5) is 21.2. The third-order valence-electron chi connectivity index (χ3n) is 2.40. The largest absolute Gasteiger partial charge is 0.511 e. The molecule has 0 heterocycles. The van der Waals surface area contributed by atoms with E-state index in [1.165, 1.54) is 0 Å². The smallest absolute Gasteiger partial charge is 0.432 e. The molecule has 18 heavy (non-hydrogen) atoms. The monoisotopic (exact) mass is 280 g/mol. The zero-order chi connectivity index (χ0) is 14.2. The molecule has 1 rings (SSSR count). The Hall–Kier alpha value is -0.580. The molecule has 0 aromatic rings. The van der Waals surface area contributed by atoms with Crippen LogP contribution in [0, 0.1) is 0 Å². The third-order valence-corrected chi connectivity index (χ3v) is 4.67. The summed E-state index contributed by atoms with van der Waals surface area (Å²) in [5.74, 6) is -1.29. The first-order chi connectivity index (χ1) is 7.97. The second kappa shape index (κ2) is 4.83. The molecule has 0 spiro atoms. The van der Waals surface area contributed by atoms with Crippen LogP contribution in [0.2, 0.25) is 0 Å². The normalized spacial score (nSPS) is 21.3. The van der Waals surface area contributed by atoms with Crippen LogP contribution >= 0.6 is 7.60 Å². The lowest BCUT2D eigenvalue weighted by Gasteiger charge is -2.28. The highest BCUT2D eigenvalue weighted by Gasteiger charge is 2.56. The lowest BCUT2D eigenvalue weighted by atomic mass is 10.3. The van der Waals surface area contributed by atoms with Gasteiger partial charge in [-0.15, -0.1) is 0 Å². The number of carbonyl (C=O) groups excluding carboxylic acids is 1. The number of rotatable bonds is 4. The van der Waals surface area contributed by atoms with E-state index in [2.05, 4.69) is 0 Å². The van der Waals surface area contributed by atoms with Gasteiger partial charge in [-0.2, -0.15) is 0 Å². The van der Waals surface area contributed by atoms with Crippen molar-refractivity contribution in [2.75, 3.05) is 0 Å². The molecule has 0 aliphatic heterocycles. The fraction of sp³-hybridized carbons (Fsp3) is 0.909. The molecule has 0 amide bonds. The van der Waals surface area contributed by atoms with Gasteiger partial charge in [0.1, 0.15) is 0 Å². The fourth-order valence-electron chi connectivity index (χ4n) is 1.04. The van der Waals surface area contributed by atoms with Crippen LogP contribution in [-0.2, 0) is 18.6 Å². The van der Waals surface area contributed by atoms with Crippen molar-refractivity contribution >= 4 is 13.8 Å². The van der Waals surface area contributed by atoms with Gasteiger partial charge in [0.25, 0.3) is 0 Å². The zero-order valence-corrected chi connectivity index (χ0v) is 12.3. The van der Waals surface area contributed by atoms with Crippen molar-refractivity contribution in [1.29, 1.82) is 0 Å². The average molecular weight is 280 g/mol. The molecule has 1 atom stereocenters. The van der Waals surface area contributed by atoms with Crippen LogP contribution in [0.3, 0.4) is 0 Å². The molecule has 7 heteroatoms. The molecule has 1 fully saturated rings. The standard InChI is InChI=1S/C11H21O6P/c1-8(2)15-9(12)16-11(6-7-11)17-18(13,14)10(3,4)5/h8H,6-7H2,1-5H3,(H,13,14). The summed E-state index contributed by atoms with van der Waals surface area (Å²) in [6.07, 6.45) is -0.380. The number of ether oxygens (including phenoxy) is 2. The summed E-state index contributed by atoms with van der Waals surface area (Å²) in [5.41, 5.74) is 0. The van der Waals surface area contributed by atoms with E-state index in [9.17, 15) is 14.3 Å². The van der Waals surface area contributed by atoms with Crippen LogP contribution in [0.15, 0.2) is 0 Å². The number of hydrogen-bond donors (Lipinski definition) is 1. The molecule has 1 saturated carbocycles. The van der Waals surface area contributed by atoms with Gasteiger partial charge in [0, 0.05) is 12.8 Å². The summed E-state index contributed by atoms with van der Waals surface area (Å²) < 4.78 is 26.9. The topological polar surface area (TPSA) is 82.1 Å². The maximum Gasteiger partial charge on any atom is 0.511 e. The molecule has 0 aromatic carbocycles. The SMILES string of the molecule is CC(C)OC(=O)OC1(OP(=O)(O)C(C)(C)C)CC1. The molecule has 0 radical (unpaired) electrons. The molecule has 0 saturated heterocycles. The van der Waals surface area contributed by atoms with Crippen LogP contribution in [0.1, 0.15) is 47.5 Å². The van der Waals surface area contributed by atoms with Gasteiger partial charge in [-0.1, -0.05) is 0 Å². The van der Waals surface area contributed by atoms with Crippen molar-refractivity contribution in [1.82, 2.24) is 0 Å². The Morgan fingerprint density at radius 1 is 1.33 bits per heavy atom. The first kappa shape index (κ1) is 15.5. The second-order valence-corrected chi connectivity index (χ2v) is 8.28. The minimum absolute atomic E-state index is 0.308. The van der Waals surface area contributed by atoms with E-state index in [4.69, 9.17) is 14.0 Å². The van der Waals surface area contributed by atoms with Gasteiger partial charge in [0.2, 0.25) is 5.79 Å². The Morgan fingerprint density at radius 3 is 2.17 bits per heavy atom. The Morgan fingerprint density at radius 2 is 1.83 bits per heavy atom. The van der Waals surface area contributed by atoms with E-state index in [1.807, 2.05) is 0 Å². The van der Waals surface area contributed by atoms with E-state index in [0.717, 1.165) is 0 Å². The van der Waals surface area contributed by atoms with Crippen LogP contribution in [0.25, 0.3) is 0 Å². The van der Waals surface area contributed by atoms with Gasteiger partial charge in [-0.3, -0.25) is 9.09 Å². The molecular weight excluding hydrogens is 259 g/mol. The van der Waals surface area contributed by atoms with Gasteiger partial charge in [0.05, 0.1) is 11.3 Å². The number of carbonyl (C=O) groups is 1. The predicted molar refractivity (Wildman–Crippen MR) is 65.3 cm³/mol. The van der Waals surface area contributed by atoms with Crippen LogP contribution in [-0.4, -0.2) is 28.1 Å². The van der Waals surface area contributed by atoms with E-state index < -0.39 is 24.7 Å². The van der Waals surface area contributed by atoms with Gasteiger partial charge in [0.15, 0.2) is 0 Å². The summed E-state index contributed by atoms with van der Waals surface area (Å²) in [6.45, 7) is 8.16. The maximum absolute atomic E-state index is 12.0. The van der Waals surface area contributed by atoms with Crippen molar-refractivity contribution in [3.63, 3.8) is 0 Å². The van der Waals surface area contributed by atoms with Crippen molar-refractivity contribution < 1.29 is 28.3 Å². The summed E-state index contributed by atoms with van der Waals surface area (Å²) in [5, 5.41) is -0.923. The number of hydrogen-bond acceptors (Lipinski definition) is 5. The zero-order valence-electron chi connectivity index (χ0n) is 11.4. The van der Waals surface area contributed by atoms with E-state index in [-0.39, 0.29) is 6.10 Å². The molecule has 1 aliphatic carbocycles. The first-order valence-corrected chi connectivity index (χ1v) is 7.48. The summed E-state index contributed by atoms with van der Waals surface area (Å²) in [6, 6.07) is 0. The lowest BCUT2D eigenvalue weighted by molar-refractivity contribution is -0.0956. The Balaban J connectivity index is 2.62. The molecule has 1 unspecified atom stereocenters. The minimum atomic E-state index is -3.86. The highest BCUT2D eigenvalue weighted by molar-refractivity contribution is 7.54. The van der Waals surface area contributed by atoms with Crippen molar-refractivity contribution in [2.45, 2.75) is 64.5 Å². The molecule has 0 aromatic heterocycles. The van der Waals surface area contributed by atoms with Crippen molar-refractivity contribution in [2.24, 2.45) is 0 Å². The van der Waals surface area contributed by atoms with Gasteiger partial charge in [-0.05, 0) is 34.6 Å². The highest BCUT2D eigenvalue weighted by atomic mass is 31.2. The average Bonchev–Trinajstić information content (AvgIpc) is 2.78. The predicted octanol–water partition coefficient (Wildman–Crippen LogP) is 3.04. The van der Waals surface area contributed by atoms with Crippen LogP contribution in [0.5, 0.6) is 0 Å². The Kier molecular flexibility index (Phi) is 4.16. The quantitative estimate of drug-likeness (QED) is 0.484. The Labute approximate surface area is 107 Å². The van der Waals surface area contributed by atoms with Crippen LogP contribution < -0.4 is 0 Å². The fourth-order valence-corrected chi connectivity index (χ4v) is 1.99. The van der Waals surface area contributed by atoms with Gasteiger partial charge < -0.3 is 14.4 Å². The second-order valence-electron chi connectivity index (χ2n) is 5.71. The van der Waals surface area contributed by atoms with E-state index in [1.54, 1.807) is 34.6 Å². The molecule has 1 N–H and O–H groups in total. The molecule has 6 nitrogen and oxygen atoms in total. The third kappa shape index (κ3) is 3.97.